The van der Waals surface area contributed by atoms with E-state index in [1.165, 1.54) is 0 Å². The number of ether oxygens (including phenoxy) is 2. The van der Waals surface area contributed by atoms with Crippen LogP contribution < -0.4 is 25.0 Å². The third kappa shape index (κ3) is 6.27. The van der Waals surface area contributed by atoms with Gasteiger partial charge in [-0.1, -0.05) is 24.3 Å². The smallest absolute Gasteiger partial charge is 0.323 e. The minimum Gasteiger partial charge on any atom is -0.497 e. The largest absolute Gasteiger partial charge is 0.497 e. The van der Waals surface area contributed by atoms with Crippen molar-refractivity contribution in [2.45, 2.75) is 13.3 Å². The van der Waals surface area contributed by atoms with E-state index in [-0.39, 0.29) is 11.9 Å². The van der Waals surface area contributed by atoms with Crippen LogP contribution in [0.5, 0.6) is 11.5 Å². The molecule has 4 rings (SSSR count). The Hall–Kier alpha value is -4.20. The van der Waals surface area contributed by atoms with Gasteiger partial charge in [-0.15, -0.1) is 0 Å². The van der Waals surface area contributed by atoms with Gasteiger partial charge in [0.1, 0.15) is 11.5 Å². The Labute approximate surface area is 211 Å². The predicted molar refractivity (Wildman–Crippen MR) is 142 cm³/mol. The van der Waals surface area contributed by atoms with Gasteiger partial charge in [0, 0.05) is 61.4 Å². The number of piperazine rings is 1. The van der Waals surface area contributed by atoms with Gasteiger partial charge in [0.2, 0.25) is 5.91 Å². The normalized spacial score (nSPS) is 13.2. The molecule has 0 spiro atoms. The lowest BCUT2D eigenvalue weighted by Crippen LogP contribution is -2.49. The minimum absolute atomic E-state index is 0.170. The van der Waals surface area contributed by atoms with Gasteiger partial charge >= 0.3 is 6.03 Å². The Bertz CT molecular complexity index is 1180. The number of urea groups is 1. The highest BCUT2D eigenvalue weighted by Gasteiger charge is 2.21. The van der Waals surface area contributed by atoms with E-state index in [1.807, 2.05) is 60.4 Å². The number of benzene rings is 3. The van der Waals surface area contributed by atoms with Crippen LogP contribution >= 0.6 is 0 Å². The zero-order valence-electron chi connectivity index (χ0n) is 20.9. The number of carbonyl (C=O) groups excluding carboxylic acids is 2. The molecule has 3 amide bonds. The van der Waals surface area contributed by atoms with Crippen LogP contribution in [0.4, 0.5) is 21.9 Å². The maximum absolute atomic E-state index is 12.8. The van der Waals surface area contributed by atoms with E-state index in [4.69, 9.17) is 9.47 Å². The SMILES string of the molecule is COc1cc(NC(=O)Nc2ccc(N3CCN(C(=O)Cc4ccccc4C)CC3)cc2)cc(OC)c1. The molecule has 0 radical (unpaired) electrons. The second-order valence-electron chi connectivity index (χ2n) is 8.70. The molecule has 0 aromatic heterocycles. The summed E-state index contributed by atoms with van der Waals surface area (Å²) in [5.74, 6) is 1.35. The first kappa shape index (κ1) is 24.9. The number of hydrogen-bond acceptors (Lipinski definition) is 5. The molecule has 2 N–H and O–H groups in total. The zero-order chi connectivity index (χ0) is 25.5. The molecular formula is C28H32N4O4. The van der Waals surface area contributed by atoms with Crippen LogP contribution in [0.15, 0.2) is 66.7 Å². The van der Waals surface area contributed by atoms with Gasteiger partial charge in [0.05, 0.1) is 20.6 Å². The first-order valence-corrected chi connectivity index (χ1v) is 11.9. The lowest BCUT2D eigenvalue weighted by molar-refractivity contribution is -0.130. The van der Waals surface area contributed by atoms with Crippen molar-refractivity contribution in [1.82, 2.24) is 4.90 Å². The molecule has 1 heterocycles. The fraction of sp³-hybridized carbons (Fsp3) is 0.286. The average molecular weight is 489 g/mol. The van der Waals surface area contributed by atoms with Crippen LogP contribution in [0.2, 0.25) is 0 Å². The monoisotopic (exact) mass is 488 g/mol. The van der Waals surface area contributed by atoms with E-state index in [1.54, 1.807) is 32.4 Å². The fourth-order valence-corrected chi connectivity index (χ4v) is 4.23. The Kier molecular flexibility index (Phi) is 7.95. The summed E-state index contributed by atoms with van der Waals surface area (Å²) in [5, 5.41) is 5.64. The molecule has 36 heavy (non-hydrogen) atoms. The fourth-order valence-electron chi connectivity index (χ4n) is 4.23. The van der Waals surface area contributed by atoms with E-state index < -0.39 is 0 Å². The van der Waals surface area contributed by atoms with Gasteiger partial charge in [0.15, 0.2) is 0 Å². The summed E-state index contributed by atoms with van der Waals surface area (Å²) in [6, 6.07) is 20.6. The average Bonchev–Trinajstić information content (AvgIpc) is 2.90. The number of anilines is 3. The summed E-state index contributed by atoms with van der Waals surface area (Å²) in [4.78, 5) is 29.4. The van der Waals surface area contributed by atoms with Crippen LogP contribution in [0.1, 0.15) is 11.1 Å². The maximum Gasteiger partial charge on any atom is 0.323 e. The third-order valence-electron chi connectivity index (χ3n) is 6.33. The summed E-state index contributed by atoms with van der Waals surface area (Å²) in [6.07, 6.45) is 0.442. The van der Waals surface area contributed by atoms with Crippen LogP contribution in [-0.2, 0) is 11.2 Å². The second-order valence-corrected chi connectivity index (χ2v) is 8.70. The van der Waals surface area contributed by atoms with Crippen molar-refractivity contribution in [2.75, 3.05) is 55.9 Å². The van der Waals surface area contributed by atoms with E-state index in [0.29, 0.717) is 42.4 Å². The number of carbonyl (C=O) groups is 2. The Morgan fingerprint density at radius 1 is 0.806 bits per heavy atom. The Balaban J connectivity index is 1.28. The van der Waals surface area contributed by atoms with Crippen LogP contribution in [0, 0.1) is 6.92 Å². The molecule has 8 nitrogen and oxygen atoms in total. The van der Waals surface area contributed by atoms with E-state index in [0.717, 1.165) is 29.9 Å². The van der Waals surface area contributed by atoms with Gasteiger partial charge < -0.3 is 29.9 Å². The molecule has 0 bridgehead atoms. The predicted octanol–water partition coefficient (Wildman–Crippen LogP) is 4.55. The highest BCUT2D eigenvalue weighted by molar-refractivity contribution is 6.00. The molecule has 1 aliphatic rings. The lowest BCUT2D eigenvalue weighted by atomic mass is 10.1. The van der Waals surface area contributed by atoms with E-state index >= 15 is 0 Å². The van der Waals surface area contributed by atoms with Crippen LogP contribution in [0.25, 0.3) is 0 Å². The number of hydrogen-bond donors (Lipinski definition) is 2. The van der Waals surface area contributed by atoms with Crippen molar-refractivity contribution in [1.29, 1.82) is 0 Å². The summed E-state index contributed by atoms with van der Waals surface area (Å²) >= 11 is 0. The minimum atomic E-state index is -0.362. The van der Waals surface area contributed by atoms with Gasteiger partial charge in [0.25, 0.3) is 0 Å². The number of methoxy groups -OCH3 is 2. The first-order chi connectivity index (χ1) is 17.4. The van der Waals surface area contributed by atoms with Crippen molar-refractivity contribution in [3.63, 3.8) is 0 Å². The Morgan fingerprint density at radius 3 is 2.03 bits per heavy atom. The molecule has 0 aliphatic carbocycles. The maximum atomic E-state index is 12.8. The van der Waals surface area contributed by atoms with Gasteiger partial charge in [-0.2, -0.15) is 0 Å². The highest BCUT2D eigenvalue weighted by Crippen LogP contribution is 2.26. The standard InChI is InChI=1S/C28H32N4O4/c1-20-6-4-5-7-21(20)16-27(33)32-14-12-31(13-15-32)24-10-8-22(9-11-24)29-28(34)30-23-17-25(35-2)19-26(18-23)36-3/h4-11,17-19H,12-16H2,1-3H3,(H2,29,30,34). The van der Waals surface area contributed by atoms with Crippen LogP contribution in [-0.4, -0.2) is 57.2 Å². The van der Waals surface area contributed by atoms with Gasteiger partial charge in [-0.25, -0.2) is 4.79 Å². The topological polar surface area (TPSA) is 83.1 Å². The second kappa shape index (κ2) is 11.5. The number of rotatable bonds is 7. The zero-order valence-corrected chi connectivity index (χ0v) is 20.9. The quantitative estimate of drug-likeness (QED) is 0.510. The van der Waals surface area contributed by atoms with Crippen molar-refractivity contribution in [2.24, 2.45) is 0 Å². The number of nitrogens with one attached hydrogen (secondary N) is 2. The summed E-state index contributed by atoms with van der Waals surface area (Å²) in [5.41, 5.74) is 4.54. The molecule has 8 heteroatoms. The Morgan fingerprint density at radius 2 is 1.42 bits per heavy atom. The number of aryl methyl sites for hydroxylation is 1. The van der Waals surface area contributed by atoms with E-state index in [9.17, 15) is 9.59 Å². The van der Waals surface area contributed by atoms with Crippen molar-refractivity contribution >= 4 is 29.0 Å². The molecule has 0 saturated carbocycles. The number of nitrogens with zero attached hydrogens (tertiary/aromatic N) is 2. The molecular weight excluding hydrogens is 456 g/mol. The molecule has 1 fully saturated rings. The summed E-state index contributed by atoms with van der Waals surface area (Å²) < 4.78 is 10.5. The molecule has 1 saturated heterocycles. The van der Waals surface area contributed by atoms with Gasteiger partial charge in [-0.05, 0) is 42.3 Å². The molecule has 0 atom stereocenters. The molecule has 188 valence electrons. The van der Waals surface area contributed by atoms with Crippen molar-refractivity contribution in [3.8, 4) is 11.5 Å². The van der Waals surface area contributed by atoms with Gasteiger partial charge in [-0.3, -0.25) is 4.79 Å². The summed E-state index contributed by atoms with van der Waals surface area (Å²) in [7, 11) is 3.12. The molecule has 3 aromatic carbocycles. The third-order valence-corrected chi connectivity index (χ3v) is 6.33. The molecule has 1 aliphatic heterocycles. The van der Waals surface area contributed by atoms with E-state index in [2.05, 4.69) is 15.5 Å². The number of amides is 3. The molecule has 3 aromatic rings. The highest BCUT2D eigenvalue weighted by atomic mass is 16.5. The van der Waals surface area contributed by atoms with Crippen molar-refractivity contribution < 1.29 is 19.1 Å². The lowest BCUT2D eigenvalue weighted by Gasteiger charge is -2.36. The molecule has 0 unspecified atom stereocenters. The van der Waals surface area contributed by atoms with Crippen molar-refractivity contribution in [3.05, 3.63) is 77.9 Å². The van der Waals surface area contributed by atoms with Crippen LogP contribution in [0.3, 0.4) is 0 Å². The first-order valence-electron chi connectivity index (χ1n) is 11.9. The summed E-state index contributed by atoms with van der Waals surface area (Å²) in [6.45, 7) is 4.96.